The minimum atomic E-state index is -1.82. The van der Waals surface area contributed by atoms with Crippen molar-refractivity contribution >= 4 is 34.8 Å². The van der Waals surface area contributed by atoms with Crippen molar-refractivity contribution in [1.82, 2.24) is 15.0 Å². The number of aromatic nitrogens is 3. The Morgan fingerprint density at radius 2 is 2.03 bits per heavy atom. The van der Waals surface area contributed by atoms with Crippen molar-refractivity contribution in [2.45, 2.75) is 51.5 Å². The highest BCUT2D eigenvalue weighted by molar-refractivity contribution is 6.31. The van der Waals surface area contributed by atoms with Crippen LogP contribution in [0.3, 0.4) is 0 Å². The van der Waals surface area contributed by atoms with Crippen LogP contribution in [0, 0.1) is 5.92 Å². The molecule has 3 aromatic rings. The number of amides is 2. The Kier molecular flexibility index (Phi) is 8.81. The third-order valence-corrected chi connectivity index (χ3v) is 6.94. The van der Waals surface area contributed by atoms with E-state index in [4.69, 9.17) is 16.7 Å². The fourth-order valence-corrected chi connectivity index (χ4v) is 4.75. The molecule has 10 nitrogen and oxygen atoms in total. The van der Waals surface area contributed by atoms with E-state index in [2.05, 4.69) is 15.6 Å². The van der Waals surface area contributed by atoms with Crippen LogP contribution in [-0.4, -0.2) is 54.8 Å². The zero-order chi connectivity index (χ0) is 28.2. The lowest BCUT2D eigenvalue weighted by atomic mass is 9.83. The van der Waals surface area contributed by atoms with Crippen molar-refractivity contribution in [3.05, 3.63) is 82.7 Å². The van der Waals surface area contributed by atoms with Crippen LogP contribution in [0.5, 0.6) is 0 Å². The number of halogens is 1. The molecule has 0 bridgehead atoms. The summed E-state index contributed by atoms with van der Waals surface area (Å²) in [7, 11) is 0. The van der Waals surface area contributed by atoms with Crippen molar-refractivity contribution < 1.29 is 24.9 Å². The first-order chi connectivity index (χ1) is 18.6. The summed E-state index contributed by atoms with van der Waals surface area (Å²) < 4.78 is 1.68. The molecular formula is C28H32ClN5O5. The van der Waals surface area contributed by atoms with Crippen molar-refractivity contribution in [1.29, 1.82) is 0 Å². The maximum Gasteiger partial charge on any atom is 0.264 e. The molecule has 0 saturated carbocycles. The maximum atomic E-state index is 13.8. The Hall–Kier alpha value is -3.57. The Balaban J connectivity index is 1.52. The number of aryl methyl sites for hydroxylation is 1. The van der Waals surface area contributed by atoms with E-state index in [0.29, 0.717) is 47.0 Å². The second-order valence-corrected chi connectivity index (χ2v) is 10.1. The smallest absolute Gasteiger partial charge is 0.264 e. The van der Waals surface area contributed by atoms with Gasteiger partial charge in [-0.05, 0) is 49.2 Å². The molecule has 4 rings (SSSR count). The molecule has 1 aliphatic rings. The lowest BCUT2D eigenvalue weighted by molar-refractivity contribution is -0.139. The van der Waals surface area contributed by atoms with E-state index >= 15 is 0 Å². The van der Waals surface area contributed by atoms with Crippen LogP contribution in [0.1, 0.15) is 37.1 Å². The van der Waals surface area contributed by atoms with Gasteiger partial charge in [0.25, 0.3) is 11.8 Å². The third-order valence-electron chi connectivity index (χ3n) is 6.71. The molecule has 39 heavy (non-hydrogen) atoms. The molecule has 4 N–H and O–H groups in total. The van der Waals surface area contributed by atoms with E-state index in [1.807, 2.05) is 18.2 Å². The average Bonchev–Trinajstić information content (AvgIpc) is 3.43. The number of aliphatic hydroxyl groups is 3. The van der Waals surface area contributed by atoms with E-state index in [1.165, 1.54) is 11.8 Å². The third kappa shape index (κ3) is 6.20. The molecule has 0 radical (unpaired) electrons. The average molecular weight is 554 g/mol. The second kappa shape index (κ2) is 12.1. The topological polar surface area (TPSA) is 141 Å². The molecule has 1 aromatic heterocycles. The molecule has 2 aromatic carbocycles. The Bertz CT molecular complexity index is 1370. The number of benzene rings is 2. The molecule has 0 unspecified atom stereocenters. The summed E-state index contributed by atoms with van der Waals surface area (Å²) in [6, 6.07) is 12.0. The zero-order valence-corrected chi connectivity index (χ0v) is 22.5. The minimum absolute atomic E-state index is 0.0101. The van der Waals surface area contributed by atoms with Crippen LogP contribution < -0.4 is 10.2 Å². The van der Waals surface area contributed by atoms with E-state index in [-0.39, 0.29) is 13.2 Å². The largest absolute Gasteiger partial charge is 0.396 e. The van der Waals surface area contributed by atoms with Gasteiger partial charge < -0.3 is 25.5 Å². The number of allylic oxidation sites excluding steroid dienone is 1. The highest BCUT2D eigenvalue weighted by Gasteiger charge is 2.52. The fourth-order valence-electron chi connectivity index (χ4n) is 4.58. The Morgan fingerprint density at radius 1 is 1.23 bits per heavy atom. The van der Waals surface area contributed by atoms with Crippen molar-refractivity contribution in [3.63, 3.8) is 0 Å². The molecule has 2 heterocycles. The van der Waals surface area contributed by atoms with Gasteiger partial charge in [-0.15, -0.1) is 5.10 Å². The van der Waals surface area contributed by atoms with Crippen molar-refractivity contribution in [2.24, 2.45) is 5.92 Å². The number of rotatable bonds is 11. The molecule has 1 aliphatic heterocycles. The van der Waals surface area contributed by atoms with Crippen LogP contribution >= 0.6 is 11.6 Å². The number of hydrogen-bond donors (Lipinski definition) is 4. The number of hydrogen-bond acceptors (Lipinski definition) is 7. The van der Waals surface area contributed by atoms with E-state index in [9.17, 15) is 19.8 Å². The van der Waals surface area contributed by atoms with Crippen LogP contribution in [0.4, 0.5) is 11.4 Å². The van der Waals surface area contributed by atoms with Gasteiger partial charge in [0.05, 0.1) is 17.9 Å². The summed E-state index contributed by atoms with van der Waals surface area (Å²) in [5.41, 5.74) is 1.10. The molecule has 0 saturated heterocycles. The molecule has 11 heteroatoms. The number of carbonyl (C=O) groups is 2. The lowest BCUT2D eigenvalue weighted by Gasteiger charge is -2.27. The highest BCUT2D eigenvalue weighted by Crippen LogP contribution is 2.46. The Morgan fingerprint density at radius 3 is 2.77 bits per heavy atom. The predicted octanol–water partition coefficient (Wildman–Crippen LogP) is 2.80. The molecular weight excluding hydrogens is 522 g/mol. The van der Waals surface area contributed by atoms with E-state index in [1.54, 1.807) is 54.2 Å². The first-order valence-electron chi connectivity index (χ1n) is 12.7. The fraction of sp³-hybridized carbons (Fsp3) is 0.357. The quantitative estimate of drug-likeness (QED) is 0.268. The number of anilines is 2. The maximum absolute atomic E-state index is 13.8. The highest BCUT2D eigenvalue weighted by atomic mass is 35.5. The molecule has 206 valence electrons. The number of nitrogens with zero attached hydrogens (tertiary/aromatic N) is 4. The van der Waals surface area contributed by atoms with Crippen LogP contribution in [-0.2, 0) is 34.7 Å². The van der Waals surface area contributed by atoms with Gasteiger partial charge in [0.2, 0.25) is 0 Å². The van der Waals surface area contributed by atoms with Gasteiger partial charge in [0, 0.05) is 48.0 Å². The monoisotopic (exact) mass is 553 g/mol. The van der Waals surface area contributed by atoms with Crippen LogP contribution in [0.15, 0.2) is 60.8 Å². The minimum Gasteiger partial charge on any atom is -0.396 e. The van der Waals surface area contributed by atoms with Gasteiger partial charge >= 0.3 is 0 Å². The SMILES string of the molecule is C[C@H](O)C(=O)Nc1cccc(CN2C(=O)[C@@](O)([C@@H](C)/C=C/CCn3cc(CCO)nn3)c3cc(Cl)ccc32)c1. The summed E-state index contributed by atoms with van der Waals surface area (Å²) in [5, 5.41) is 41.4. The standard InChI is InChI=1S/C28H32ClN5O5/c1-18(6-3-4-12-33-17-23(11-13-35)31-32-33)28(39)24-15-21(29)9-10-25(24)34(27(28)38)16-20-7-5-8-22(14-20)30-26(37)19(2)36/h3,5-10,14-15,17-19,35-36,39H,4,11-13,16H2,1-2H3,(H,30,37)/b6-3+/t18-,19-,28+/m0/s1. The van der Waals surface area contributed by atoms with Gasteiger partial charge in [0.15, 0.2) is 5.60 Å². The molecule has 0 aliphatic carbocycles. The van der Waals surface area contributed by atoms with Gasteiger partial charge in [-0.2, -0.15) is 0 Å². The number of fused-ring (bicyclic) bond motifs is 1. The number of aliphatic hydroxyl groups excluding tert-OH is 2. The van der Waals surface area contributed by atoms with Gasteiger partial charge in [0.1, 0.15) is 6.10 Å². The summed E-state index contributed by atoms with van der Waals surface area (Å²) in [6.07, 6.45) is 5.38. The normalized spacial score (nSPS) is 18.4. The Labute approximate surface area is 231 Å². The summed E-state index contributed by atoms with van der Waals surface area (Å²) in [5.74, 6) is -1.57. The second-order valence-electron chi connectivity index (χ2n) is 9.64. The van der Waals surface area contributed by atoms with Crippen molar-refractivity contribution in [2.75, 3.05) is 16.8 Å². The molecule has 2 amide bonds. The first-order valence-corrected chi connectivity index (χ1v) is 13.1. The van der Waals surface area contributed by atoms with E-state index in [0.717, 1.165) is 5.56 Å². The summed E-state index contributed by atoms with van der Waals surface area (Å²) >= 11 is 6.27. The van der Waals surface area contributed by atoms with Gasteiger partial charge in [-0.3, -0.25) is 14.3 Å². The predicted molar refractivity (Wildman–Crippen MR) is 147 cm³/mol. The molecule has 0 fully saturated rings. The molecule has 0 spiro atoms. The number of carbonyl (C=O) groups excluding carboxylic acids is 2. The van der Waals surface area contributed by atoms with Gasteiger partial charge in [-0.25, -0.2) is 0 Å². The summed E-state index contributed by atoms with van der Waals surface area (Å²) in [4.78, 5) is 27.2. The lowest BCUT2D eigenvalue weighted by Crippen LogP contribution is -2.44. The first kappa shape index (κ1) is 28.4. The molecule has 3 atom stereocenters. The van der Waals surface area contributed by atoms with Crippen molar-refractivity contribution in [3.8, 4) is 0 Å². The van der Waals surface area contributed by atoms with Crippen LogP contribution in [0.25, 0.3) is 0 Å². The van der Waals surface area contributed by atoms with Gasteiger partial charge in [-0.1, -0.05) is 48.0 Å². The van der Waals surface area contributed by atoms with E-state index < -0.39 is 29.4 Å². The zero-order valence-electron chi connectivity index (χ0n) is 21.8. The number of nitrogens with one attached hydrogen (secondary N) is 1. The summed E-state index contributed by atoms with van der Waals surface area (Å²) in [6.45, 7) is 3.89. The van der Waals surface area contributed by atoms with Crippen LogP contribution in [0.2, 0.25) is 5.02 Å².